The molecule has 1 heterocycles. The smallest absolute Gasteiger partial charge is 0.162 e. The molecular formula is C17H29N3O. The molecule has 21 heavy (non-hydrogen) atoms. The van der Waals surface area contributed by atoms with Gasteiger partial charge in [0, 0.05) is 24.9 Å². The first kappa shape index (κ1) is 16.2. The average Bonchev–Trinajstić information content (AvgIpc) is 2.49. The second-order valence-electron chi connectivity index (χ2n) is 6.17. The summed E-state index contributed by atoms with van der Waals surface area (Å²) in [5.41, 5.74) is 1.99. The van der Waals surface area contributed by atoms with Crippen molar-refractivity contribution in [2.75, 3.05) is 19.0 Å². The fraction of sp³-hybridized carbons (Fsp3) is 0.765. The molecule has 0 atom stereocenters. The third kappa shape index (κ3) is 3.20. The number of rotatable bonds is 5. The van der Waals surface area contributed by atoms with Crippen molar-refractivity contribution in [1.82, 2.24) is 9.97 Å². The van der Waals surface area contributed by atoms with E-state index in [1.165, 1.54) is 18.4 Å². The highest BCUT2D eigenvalue weighted by molar-refractivity contribution is 5.46. The average molecular weight is 291 g/mol. The van der Waals surface area contributed by atoms with E-state index in [1.807, 2.05) is 7.05 Å². The van der Waals surface area contributed by atoms with Gasteiger partial charge in [0.05, 0.1) is 0 Å². The molecule has 1 aliphatic carbocycles. The maximum absolute atomic E-state index is 6.18. The zero-order valence-electron chi connectivity index (χ0n) is 14.1. The maximum atomic E-state index is 6.18. The van der Waals surface area contributed by atoms with Crippen LogP contribution in [0.2, 0.25) is 0 Å². The number of anilines is 1. The van der Waals surface area contributed by atoms with Crippen LogP contribution in [0.15, 0.2) is 0 Å². The van der Waals surface area contributed by atoms with Crippen molar-refractivity contribution in [3.63, 3.8) is 0 Å². The van der Waals surface area contributed by atoms with Crippen LogP contribution in [-0.2, 0) is 16.8 Å². The van der Waals surface area contributed by atoms with Crippen LogP contribution >= 0.6 is 0 Å². The molecule has 1 fully saturated rings. The van der Waals surface area contributed by atoms with E-state index in [0.29, 0.717) is 6.61 Å². The van der Waals surface area contributed by atoms with Crippen LogP contribution < -0.4 is 5.32 Å². The minimum absolute atomic E-state index is 0.288. The molecule has 0 aliphatic heterocycles. The van der Waals surface area contributed by atoms with Crippen LogP contribution in [0.1, 0.15) is 63.5 Å². The molecule has 2 rings (SSSR count). The number of nitrogens with one attached hydrogen (secondary N) is 1. The second kappa shape index (κ2) is 6.73. The Morgan fingerprint density at radius 3 is 2.43 bits per heavy atom. The summed E-state index contributed by atoms with van der Waals surface area (Å²) in [4.78, 5) is 9.63. The van der Waals surface area contributed by atoms with Crippen molar-refractivity contribution in [3.05, 3.63) is 17.1 Å². The van der Waals surface area contributed by atoms with E-state index in [-0.39, 0.29) is 5.60 Å². The van der Waals surface area contributed by atoms with Crippen LogP contribution in [0, 0.1) is 12.8 Å². The van der Waals surface area contributed by atoms with Crippen molar-refractivity contribution in [3.8, 4) is 0 Å². The molecule has 4 heteroatoms. The number of hydrogen-bond acceptors (Lipinski definition) is 4. The van der Waals surface area contributed by atoms with Crippen LogP contribution in [0.3, 0.4) is 0 Å². The standard InChI is InChI=1S/C17H29N3O/c1-6-14-13(4)19-16(20-15(14)18-5)17(21-7-2)10-8-12(3)9-11-17/h12H,6-11H2,1-5H3,(H,18,19,20). The molecule has 4 nitrogen and oxygen atoms in total. The van der Waals surface area contributed by atoms with E-state index in [4.69, 9.17) is 14.7 Å². The number of hydrogen-bond donors (Lipinski definition) is 1. The topological polar surface area (TPSA) is 47.0 Å². The fourth-order valence-corrected chi connectivity index (χ4v) is 3.37. The van der Waals surface area contributed by atoms with E-state index in [2.05, 4.69) is 33.0 Å². The fourth-order valence-electron chi connectivity index (χ4n) is 3.37. The zero-order chi connectivity index (χ0) is 15.5. The lowest BCUT2D eigenvalue weighted by atomic mass is 9.78. The number of aryl methyl sites for hydroxylation is 1. The van der Waals surface area contributed by atoms with Crippen molar-refractivity contribution < 1.29 is 4.74 Å². The Labute approximate surface area is 128 Å². The van der Waals surface area contributed by atoms with Gasteiger partial charge in [0.25, 0.3) is 0 Å². The van der Waals surface area contributed by atoms with Gasteiger partial charge in [-0.25, -0.2) is 9.97 Å². The van der Waals surface area contributed by atoms with Gasteiger partial charge in [-0.2, -0.15) is 0 Å². The molecule has 1 aromatic rings. The Balaban J connectivity index is 2.43. The van der Waals surface area contributed by atoms with Crippen LogP contribution in [0.25, 0.3) is 0 Å². The van der Waals surface area contributed by atoms with Crippen molar-refractivity contribution in [2.45, 2.75) is 65.4 Å². The van der Waals surface area contributed by atoms with Gasteiger partial charge in [0.1, 0.15) is 11.4 Å². The summed E-state index contributed by atoms with van der Waals surface area (Å²) in [5, 5.41) is 3.23. The summed E-state index contributed by atoms with van der Waals surface area (Å²) < 4.78 is 6.18. The third-order valence-corrected chi connectivity index (χ3v) is 4.71. The first-order valence-corrected chi connectivity index (χ1v) is 8.26. The number of ether oxygens (including phenoxy) is 1. The molecule has 1 aromatic heterocycles. The van der Waals surface area contributed by atoms with Crippen LogP contribution in [0.4, 0.5) is 5.82 Å². The Morgan fingerprint density at radius 1 is 1.24 bits per heavy atom. The lowest BCUT2D eigenvalue weighted by Gasteiger charge is -2.38. The molecule has 0 aromatic carbocycles. The molecule has 0 radical (unpaired) electrons. The molecule has 0 bridgehead atoms. The molecule has 1 saturated carbocycles. The molecule has 0 unspecified atom stereocenters. The lowest BCUT2D eigenvalue weighted by molar-refractivity contribution is -0.0837. The van der Waals surface area contributed by atoms with Crippen molar-refractivity contribution in [2.24, 2.45) is 5.92 Å². The second-order valence-corrected chi connectivity index (χ2v) is 6.17. The van der Waals surface area contributed by atoms with Gasteiger partial charge in [0.15, 0.2) is 5.82 Å². The minimum atomic E-state index is -0.288. The maximum Gasteiger partial charge on any atom is 0.162 e. The van der Waals surface area contributed by atoms with Gasteiger partial charge in [-0.3, -0.25) is 0 Å². The van der Waals surface area contributed by atoms with E-state index >= 15 is 0 Å². The summed E-state index contributed by atoms with van der Waals surface area (Å²) >= 11 is 0. The largest absolute Gasteiger partial charge is 0.373 e. The Kier molecular flexibility index (Phi) is 5.20. The third-order valence-electron chi connectivity index (χ3n) is 4.71. The summed E-state index contributed by atoms with van der Waals surface area (Å²) in [6.45, 7) is 9.32. The normalized spacial score (nSPS) is 25.9. The van der Waals surface area contributed by atoms with Crippen LogP contribution in [-0.4, -0.2) is 23.6 Å². The highest BCUT2D eigenvalue weighted by Gasteiger charge is 2.39. The lowest BCUT2D eigenvalue weighted by Crippen LogP contribution is -2.36. The minimum Gasteiger partial charge on any atom is -0.373 e. The first-order chi connectivity index (χ1) is 10.1. The van der Waals surface area contributed by atoms with E-state index in [0.717, 1.165) is 42.5 Å². The molecule has 0 spiro atoms. The molecule has 0 saturated heterocycles. The Morgan fingerprint density at radius 2 is 1.90 bits per heavy atom. The predicted molar refractivity (Wildman–Crippen MR) is 86.6 cm³/mol. The summed E-state index contributed by atoms with van der Waals surface area (Å²) in [6.07, 6.45) is 5.37. The quantitative estimate of drug-likeness (QED) is 0.895. The molecule has 118 valence electrons. The zero-order valence-corrected chi connectivity index (χ0v) is 14.1. The number of aromatic nitrogens is 2. The van der Waals surface area contributed by atoms with Gasteiger partial charge in [-0.1, -0.05) is 13.8 Å². The van der Waals surface area contributed by atoms with Gasteiger partial charge in [-0.15, -0.1) is 0 Å². The Bertz CT molecular complexity index is 479. The van der Waals surface area contributed by atoms with Gasteiger partial charge >= 0.3 is 0 Å². The van der Waals surface area contributed by atoms with E-state index in [9.17, 15) is 0 Å². The highest BCUT2D eigenvalue weighted by atomic mass is 16.5. The van der Waals surface area contributed by atoms with E-state index in [1.54, 1.807) is 0 Å². The molecule has 1 aliphatic rings. The van der Waals surface area contributed by atoms with Crippen molar-refractivity contribution >= 4 is 5.82 Å². The summed E-state index contributed by atoms with van der Waals surface area (Å²) in [5.74, 6) is 2.60. The highest BCUT2D eigenvalue weighted by Crippen LogP contribution is 2.41. The van der Waals surface area contributed by atoms with Gasteiger partial charge < -0.3 is 10.1 Å². The summed E-state index contributed by atoms with van der Waals surface area (Å²) in [6, 6.07) is 0. The Hall–Kier alpha value is -1.16. The van der Waals surface area contributed by atoms with E-state index < -0.39 is 0 Å². The van der Waals surface area contributed by atoms with Crippen LogP contribution in [0.5, 0.6) is 0 Å². The number of nitrogens with zero attached hydrogens (tertiary/aromatic N) is 2. The first-order valence-electron chi connectivity index (χ1n) is 8.26. The van der Waals surface area contributed by atoms with Crippen molar-refractivity contribution in [1.29, 1.82) is 0 Å². The van der Waals surface area contributed by atoms with Gasteiger partial charge in [0.2, 0.25) is 0 Å². The summed E-state index contributed by atoms with van der Waals surface area (Å²) in [7, 11) is 1.93. The van der Waals surface area contributed by atoms with Gasteiger partial charge in [-0.05, 0) is 51.9 Å². The SMILES string of the molecule is CCOC1(c2nc(C)c(CC)c(NC)n2)CCC(C)CC1. The monoisotopic (exact) mass is 291 g/mol. The molecule has 1 N–H and O–H groups in total. The predicted octanol–water partition coefficient (Wildman–Crippen LogP) is 3.83. The molecule has 0 amide bonds. The molecular weight excluding hydrogens is 262 g/mol.